The predicted molar refractivity (Wildman–Crippen MR) is 116 cm³/mol. The van der Waals surface area contributed by atoms with Gasteiger partial charge in [-0.2, -0.15) is 4.68 Å². The summed E-state index contributed by atoms with van der Waals surface area (Å²) < 4.78 is 6.20. The number of carbonyl (C=O) groups is 3. The van der Waals surface area contributed by atoms with E-state index in [1.54, 1.807) is 72.8 Å². The van der Waals surface area contributed by atoms with E-state index < -0.39 is 18.3 Å². The van der Waals surface area contributed by atoms with Crippen LogP contribution in [-0.4, -0.2) is 37.7 Å². The third kappa shape index (κ3) is 3.65. The molecule has 5 rings (SSSR count). The van der Waals surface area contributed by atoms with Crippen LogP contribution in [-0.2, 0) is 18.0 Å². The van der Waals surface area contributed by atoms with Gasteiger partial charge < -0.3 is 4.74 Å². The van der Waals surface area contributed by atoms with Gasteiger partial charge in [0.2, 0.25) is 0 Å². The summed E-state index contributed by atoms with van der Waals surface area (Å²) in [6.07, 6.45) is 0. The Labute approximate surface area is 186 Å². The highest BCUT2D eigenvalue weighted by atomic mass is 16.5. The van der Waals surface area contributed by atoms with Gasteiger partial charge in [0.15, 0.2) is 6.73 Å². The zero-order chi connectivity index (χ0) is 22.9. The molecule has 4 aromatic rings. The van der Waals surface area contributed by atoms with Crippen LogP contribution in [0.5, 0.6) is 0 Å². The molecule has 0 spiro atoms. The SMILES string of the molecule is O=C(OCn1nnc2ccccc2c1=O)c1cccc(CN2C(=O)c3ccccc3C2=O)c1. The fourth-order valence-electron chi connectivity index (χ4n) is 3.67. The predicted octanol–water partition coefficient (Wildman–Crippen LogP) is 2.40. The zero-order valence-electron chi connectivity index (χ0n) is 17.2. The Hall–Kier alpha value is -4.66. The van der Waals surface area contributed by atoms with Crippen molar-refractivity contribution in [3.63, 3.8) is 0 Å². The Morgan fingerprint density at radius 2 is 1.55 bits per heavy atom. The van der Waals surface area contributed by atoms with E-state index in [9.17, 15) is 19.2 Å². The number of carbonyl (C=O) groups excluding carboxylic acids is 3. The van der Waals surface area contributed by atoms with Crippen LogP contribution < -0.4 is 5.56 Å². The quantitative estimate of drug-likeness (QED) is 0.346. The van der Waals surface area contributed by atoms with Gasteiger partial charge in [-0.1, -0.05) is 41.6 Å². The Bertz CT molecular complexity index is 1460. The second-order valence-electron chi connectivity index (χ2n) is 7.41. The molecule has 0 bridgehead atoms. The maximum atomic E-state index is 12.6. The van der Waals surface area contributed by atoms with Gasteiger partial charge in [-0.15, -0.1) is 5.10 Å². The summed E-state index contributed by atoms with van der Waals surface area (Å²) in [4.78, 5) is 51.3. The van der Waals surface area contributed by atoms with E-state index in [2.05, 4.69) is 10.3 Å². The third-order valence-corrected chi connectivity index (χ3v) is 5.33. The summed E-state index contributed by atoms with van der Waals surface area (Å²) in [6, 6.07) is 19.8. The number of rotatable bonds is 5. The van der Waals surface area contributed by atoms with Gasteiger partial charge in [0.1, 0.15) is 5.52 Å². The van der Waals surface area contributed by atoms with E-state index in [0.29, 0.717) is 27.6 Å². The second kappa shape index (κ2) is 8.12. The van der Waals surface area contributed by atoms with Crippen molar-refractivity contribution in [3.8, 4) is 0 Å². The van der Waals surface area contributed by atoms with Gasteiger partial charge in [-0.05, 0) is 42.0 Å². The minimum Gasteiger partial charge on any atom is -0.439 e. The van der Waals surface area contributed by atoms with Gasteiger partial charge in [0.05, 0.1) is 28.6 Å². The lowest BCUT2D eigenvalue weighted by molar-refractivity contribution is 0.0336. The van der Waals surface area contributed by atoms with Crippen molar-refractivity contribution in [2.24, 2.45) is 0 Å². The lowest BCUT2D eigenvalue weighted by Gasteiger charge is -2.14. The Kier molecular flexibility index (Phi) is 4.98. The number of amides is 2. The molecule has 0 saturated carbocycles. The molecule has 2 amide bonds. The first-order valence-corrected chi connectivity index (χ1v) is 10.1. The maximum absolute atomic E-state index is 12.6. The molecule has 33 heavy (non-hydrogen) atoms. The van der Waals surface area contributed by atoms with Crippen LogP contribution in [0.25, 0.3) is 10.9 Å². The van der Waals surface area contributed by atoms with E-state index >= 15 is 0 Å². The lowest BCUT2D eigenvalue weighted by atomic mass is 10.1. The molecule has 1 aliphatic rings. The van der Waals surface area contributed by atoms with E-state index in [4.69, 9.17) is 4.74 Å². The van der Waals surface area contributed by atoms with Crippen molar-refractivity contribution in [1.82, 2.24) is 19.9 Å². The number of ether oxygens (including phenoxy) is 1. The average molecular weight is 440 g/mol. The summed E-state index contributed by atoms with van der Waals surface area (Å²) in [7, 11) is 0. The van der Waals surface area contributed by atoms with Crippen molar-refractivity contribution in [3.05, 3.63) is 105 Å². The van der Waals surface area contributed by atoms with Crippen molar-refractivity contribution in [2.45, 2.75) is 13.3 Å². The topological polar surface area (TPSA) is 111 Å². The highest BCUT2D eigenvalue weighted by Gasteiger charge is 2.35. The number of esters is 1. The molecule has 0 atom stereocenters. The summed E-state index contributed by atoms with van der Waals surface area (Å²) in [5, 5.41) is 8.10. The Morgan fingerprint density at radius 3 is 2.30 bits per heavy atom. The molecule has 1 aromatic heterocycles. The van der Waals surface area contributed by atoms with Crippen LogP contribution in [0.4, 0.5) is 0 Å². The maximum Gasteiger partial charge on any atom is 0.339 e. The molecule has 1 aliphatic heterocycles. The fourth-order valence-corrected chi connectivity index (χ4v) is 3.67. The van der Waals surface area contributed by atoms with Crippen molar-refractivity contribution in [2.75, 3.05) is 0 Å². The van der Waals surface area contributed by atoms with Crippen molar-refractivity contribution in [1.29, 1.82) is 0 Å². The molecule has 0 radical (unpaired) electrons. The summed E-state index contributed by atoms with van der Waals surface area (Å²) in [5.74, 6) is -1.43. The first-order valence-electron chi connectivity index (χ1n) is 10.1. The van der Waals surface area contributed by atoms with Crippen molar-refractivity contribution >= 4 is 28.7 Å². The fraction of sp³-hybridized carbons (Fsp3) is 0.0833. The van der Waals surface area contributed by atoms with Crippen LogP contribution >= 0.6 is 0 Å². The smallest absolute Gasteiger partial charge is 0.339 e. The van der Waals surface area contributed by atoms with E-state index in [0.717, 1.165) is 9.58 Å². The van der Waals surface area contributed by atoms with Crippen LogP contribution in [0.15, 0.2) is 77.6 Å². The average Bonchev–Trinajstić information content (AvgIpc) is 3.09. The molecule has 0 fully saturated rings. The minimum absolute atomic E-state index is 0.0169. The molecule has 0 unspecified atom stereocenters. The first kappa shape index (κ1) is 20.3. The molecule has 0 aliphatic carbocycles. The minimum atomic E-state index is -0.680. The van der Waals surface area contributed by atoms with E-state index in [1.807, 2.05) is 0 Å². The van der Waals surface area contributed by atoms with Crippen LogP contribution in [0.1, 0.15) is 36.6 Å². The molecular formula is C24H16N4O5. The van der Waals surface area contributed by atoms with Gasteiger partial charge >= 0.3 is 5.97 Å². The molecule has 3 aromatic carbocycles. The number of benzene rings is 3. The molecule has 0 N–H and O–H groups in total. The first-order chi connectivity index (χ1) is 16.0. The van der Waals surface area contributed by atoms with Gasteiger partial charge in [0.25, 0.3) is 17.4 Å². The molecule has 2 heterocycles. The standard InChI is InChI=1S/C24H16N4O5/c29-21-17-8-1-2-9-18(17)22(30)27(21)13-15-6-5-7-16(12-15)24(32)33-14-28-23(31)19-10-3-4-11-20(19)25-26-28/h1-12H,13-14H2. The highest BCUT2D eigenvalue weighted by molar-refractivity contribution is 6.21. The Balaban J connectivity index is 1.30. The molecule has 9 heteroatoms. The van der Waals surface area contributed by atoms with Crippen LogP contribution in [0, 0.1) is 0 Å². The van der Waals surface area contributed by atoms with Gasteiger partial charge in [0, 0.05) is 0 Å². The van der Waals surface area contributed by atoms with Crippen LogP contribution in [0.3, 0.4) is 0 Å². The van der Waals surface area contributed by atoms with Crippen molar-refractivity contribution < 1.29 is 19.1 Å². The van der Waals surface area contributed by atoms with Gasteiger partial charge in [-0.3, -0.25) is 19.3 Å². The van der Waals surface area contributed by atoms with Crippen LogP contribution in [0.2, 0.25) is 0 Å². The third-order valence-electron chi connectivity index (χ3n) is 5.33. The number of imide groups is 1. The second-order valence-corrected chi connectivity index (χ2v) is 7.41. The Morgan fingerprint density at radius 1 is 0.848 bits per heavy atom. The summed E-state index contributed by atoms with van der Waals surface area (Å²) in [5.41, 5.74) is 1.55. The molecule has 0 saturated heterocycles. The molecule has 162 valence electrons. The summed E-state index contributed by atoms with van der Waals surface area (Å²) >= 11 is 0. The number of nitrogens with zero attached hydrogens (tertiary/aromatic N) is 4. The molecule has 9 nitrogen and oxygen atoms in total. The van der Waals surface area contributed by atoms with Gasteiger partial charge in [-0.25, -0.2) is 4.79 Å². The number of hydrogen-bond acceptors (Lipinski definition) is 7. The number of aromatic nitrogens is 3. The van der Waals surface area contributed by atoms with E-state index in [-0.39, 0.29) is 23.9 Å². The highest BCUT2D eigenvalue weighted by Crippen LogP contribution is 2.24. The molecular weight excluding hydrogens is 424 g/mol. The normalized spacial score (nSPS) is 12.8. The summed E-state index contributed by atoms with van der Waals surface area (Å²) in [6.45, 7) is -0.388. The number of hydrogen-bond donors (Lipinski definition) is 0. The lowest BCUT2D eigenvalue weighted by Crippen LogP contribution is -2.29. The number of fused-ring (bicyclic) bond motifs is 2. The van der Waals surface area contributed by atoms with E-state index in [1.165, 1.54) is 0 Å². The monoisotopic (exact) mass is 440 g/mol. The largest absolute Gasteiger partial charge is 0.439 e. The zero-order valence-corrected chi connectivity index (χ0v) is 17.2.